The van der Waals surface area contributed by atoms with Crippen molar-refractivity contribution in [1.82, 2.24) is 0 Å². The Morgan fingerprint density at radius 3 is 2.62 bits per heavy atom. The smallest absolute Gasteiger partial charge is 0.269 e. The SMILES string of the molecule is Cc1cc2c3c(c1)[C@@H]1C=CC[C@@H]1[C@H](c1cccc([N+](=O)[O-])c1)N3C[C@H]1CC=C[C@@H]21. The van der Waals surface area contributed by atoms with E-state index in [1.54, 1.807) is 12.1 Å². The summed E-state index contributed by atoms with van der Waals surface area (Å²) in [6.45, 7) is 3.24. The van der Waals surface area contributed by atoms with Crippen LogP contribution in [0.5, 0.6) is 0 Å². The quantitative estimate of drug-likeness (QED) is 0.374. The Kier molecular flexibility index (Phi) is 3.55. The van der Waals surface area contributed by atoms with Crippen molar-refractivity contribution < 1.29 is 4.92 Å². The third-order valence-corrected chi connectivity index (χ3v) is 7.42. The van der Waals surface area contributed by atoms with Crippen LogP contribution in [0.2, 0.25) is 0 Å². The van der Waals surface area contributed by atoms with Crippen molar-refractivity contribution >= 4 is 11.4 Å². The van der Waals surface area contributed by atoms with E-state index < -0.39 is 0 Å². The highest BCUT2D eigenvalue weighted by molar-refractivity contribution is 5.71. The maximum atomic E-state index is 11.4. The second-order valence-corrected chi connectivity index (χ2v) is 9.04. The number of non-ortho nitro benzene ring substituents is 1. The summed E-state index contributed by atoms with van der Waals surface area (Å²) in [6.07, 6.45) is 11.6. The summed E-state index contributed by atoms with van der Waals surface area (Å²) in [5.74, 6) is 1.94. The molecule has 0 radical (unpaired) electrons. The fourth-order valence-corrected chi connectivity index (χ4v) is 6.33. The lowest BCUT2D eigenvalue weighted by atomic mass is 9.70. The van der Waals surface area contributed by atoms with Gasteiger partial charge in [0.1, 0.15) is 0 Å². The molecule has 29 heavy (non-hydrogen) atoms. The molecule has 0 unspecified atom stereocenters. The van der Waals surface area contributed by atoms with Gasteiger partial charge in [0.05, 0.1) is 11.0 Å². The molecule has 4 aliphatic rings. The zero-order chi connectivity index (χ0) is 19.7. The Balaban J connectivity index is 1.57. The highest BCUT2D eigenvalue weighted by atomic mass is 16.6. The normalized spacial score (nSPS) is 30.8. The van der Waals surface area contributed by atoms with Gasteiger partial charge >= 0.3 is 0 Å². The first-order valence-electron chi connectivity index (χ1n) is 10.6. The number of fused-ring (bicyclic) bond motifs is 4. The largest absolute Gasteiger partial charge is 0.363 e. The summed E-state index contributed by atoms with van der Waals surface area (Å²) in [6, 6.07) is 12.3. The van der Waals surface area contributed by atoms with Crippen molar-refractivity contribution in [3.63, 3.8) is 0 Å². The first-order chi connectivity index (χ1) is 14.1. The average Bonchev–Trinajstić information content (AvgIpc) is 3.37. The minimum atomic E-state index is -0.271. The van der Waals surface area contributed by atoms with Gasteiger partial charge in [-0.3, -0.25) is 10.1 Å². The molecule has 4 nitrogen and oxygen atoms in total. The van der Waals surface area contributed by atoms with Crippen LogP contribution in [0.15, 0.2) is 60.7 Å². The maximum Gasteiger partial charge on any atom is 0.269 e. The third kappa shape index (κ3) is 2.38. The molecule has 2 heterocycles. The number of nitrogens with zero attached hydrogens (tertiary/aromatic N) is 2. The van der Waals surface area contributed by atoms with Crippen LogP contribution in [0.25, 0.3) is 0 Å². The van der Waals surface area contributed by atoms with Crippen LogP contribution in [0.3, 0.4) is 0 Å². The molecule has 5 atom stereocenters. The molecule has 0 N–H and O–H groups in total. The van der Waals surface area contributed by atoms with Gasteiger partial charge in [0, 0.05) is 36.2 Å². The van der Waals surface area contributed by atoms with Crippen LogP contribution >= 0.6 is 0 Å². The summed E-state index contributed by atoms with van der Waals surface area (Å²) in [5.41, 5.74) is 6.93. The topological polar surface area (TPSA) is 46.4 Å². The molecule has 0 saturated carbocycles. The number of allylic oxidation sites excluding steroid dienone is 4. The number of rotatable bonds is 2. The molecular formula is C25H24N2O2. The molecule has 146 valence electrons. The lowest BCUT2D eigenvalue weighted by molar-refractivity contribution is -0.384. The third-order valence-electron chi connectivity index (χ3n) is 7.42. The molecular weight excluding hydrogens is 360 g/mol. The number of aryl methyl sites for hydroxylation is 1. The van der Waals surface area contributed by atoms with E-state index in [1.807, 2.05) is 6.07 Å². The van der Waals surface area contributed by atoms with Gasteiger partial charge in [-0.1, -0.05) is 54.1 Å². The predicted octanol–water partition coefficient (Wildman–Crippen LogP) is 5.80. The summed E-state index contributed by atoms with van der Waals surface area (Å²) in [7, 11) is 0. The van der Waals surface area contributed by atoms with Gasteiger partial charge in [-0.15, -0.1) is 0 Å². The number of benzene rings is 2. The molecule has 0 fully saturated rings. The second kappa shape index (κ2) is 6.06. The summed E-state index contributed by atoms with van der Waals surface area (Å²) in [4.78, 5) is 13.8. The first kappa shape index (κ1) is 17.0. The molecule has 0 bridgehead atoms. The number of hydrogen-bond donors (Lipinski definition) is 0. The van der Waals surface area contributed by atoms with Crippen LogP contribution in [0.4, 0.5) is 11.4 Å². The summed E-state index contributed by atoms with van der Waals surface area (Å²) in [5, 5.41) is 11.4. The maximum absolute atomic E-state index is 11.4. The van der Waals surface area contributed by atoms with E-state index in [0.29, 0.717) is 23.7 Å². The van der Waals surface area contributed by atoms with E-state index in [-0.39, 0.29) is 16.7 Å². The molecule has 2 aromatic rings. The van der Waals surface area contributed by atoms with Crippen molar-refractivity contribution in [2.24, 2.45) is 11.8 Å². The van der Waals surface area contributed by atoms with Crippen molar-refractivity contribution in [3.8, 4) is 0 Å². The standard InChI is InChI=1S/C25H24N2O2/c1-15-11-22-19-8-3-6-17(19)14-26-24(16-5-2-7-18(13-16)27(28)29)21-10-4-9-20(21)23(12-15)25(22)26/h2-5,7-9,11-13,17,19-21,24H,6,10,14H2,1H3/t17-,19-,20-,21+,24+/m1/s1. The van der Waals surface area contributed by atoms with Gasteiger partial charge in [-0.25, -0.2) is 0 Å². The van der Waals surface area contributed by atoms with Crippen molar-refractivity contribution in [2.45, 2.75) is 37.6 Å². The van der Waals surface area contributed by atoms with E-state index in [0.717, 1.165) is 24.9 Å². The number of nitro benzene ring substituents is 1. The molecule has 2 aliphatic carbocycles. The molecule has 2 aliphatic heterocycles. The van der Waals surface area contributed by atoms with Crippen LogP contribution in [0.1, 0.15) is 53.0 Å². The van der Waals surface area contributed by atoms with E-state index in [1.165, 1.54) is 22.4 Å². The van der Waals surface area contributed by atoms with Crippen LogP contribution < -0.4 is 4.90 Å². The minimum Gasteiger partial charge on any atom is -0.363 e. The summed E-state index contributed by atoms with van der Waals surface area (Å²) < 4.78 is 0. The molecule has 0 aromatic heterocycles. The van der Waals surface area contributed by atoms with Crippen LogP contribution in [-0.4, -0.2) is 11.5 Å². The molecule has 2 aromatic carbocycles. The lowest BCUT2D eigenvalue weighted by Gasteiger charge is -2.51. The first-order valence-corrected chi connectivity index (χ1v) is 10.6. The molecule has 6 rings (SSSR count). The average molecular weight is 384 g/mol. The van der Waals surface area contributed by atoms with Crippen molar-refractivity contribution in [1.29, 1.82) is 0 Å². The van der Waals surface area contributed by atoms with E-state index in [2.05, 4.69) is 54.3 Å². The highest BCUT2D eigenvalue weighted by Gasteiger charge is 2.47. The van der Waals surface area contributed by atoms with Crippen LogP contribution in [-0.2, 0) is 0 Å². The fraction of sp³-hybridized carbons (Fsp3) is 0.360. The Labute approximate surface area is 170 Å². The zero-order valence-electron chi connectivity index (χ0n) is 16.5. The van der Waals surface area contributed by atoms with E-state index >= 15 is 0 Å². The fourth-order valence-electron chi connectivity index (χ4n) is 6.33. The minimum absolute atomic E-state index is 0.186. The predicted molar refractivity (Wildman–Crippen MR) is 114 cm³/mol. The molecule has 0 amide bonds. The second-order valence-electron chi connectivity index (χ2n) is 9.04. The van der Waals surface area contributed by atoms with Gasteiger partial charge in [-0.05, 0) is 48.3 Å². The Morgan fingerprint density at radius 1 is 1.03 bits per heavy atom. The molecule has 0 saturated heterocycles. The summed E-state index contributed by atoms with van der Waals surface area (Å²) >= 11 is 0. The number of nitro groups is 1. The monoisotopic (exact) mass is 384 g/mol. The van der Waals surface area contributed by atoms with Gasteiger partial charge in [-0.2, -0.15) is 0 Å². The Bertz CT molecular complexity index is 1070. The van der Waals surface area contributed by atoms with E-state index in [4.69, 9.17) is 0 Å². The van der Waals surface area contributed by atoms with Gasteiger partial charge in [0.25, 0.3) is 5.69 Å². The molecule has 0 spiro atoms. The van der Waals surface area contributed by atoms with Crippen LogP contribution in [0, 0.1) is 28.9 Å². The molecule has 4 heteroatoms. The zero-order valence-corrected chi connectivity index (χ0v) is 16.5. The van der Waals surface area contributed by atoms with Crippen molar-refractivity contribution in [3.05, 3.63) is 93.1 Å². The van der Waals surface area contributed by atoms with Gasteiger partial charge < -0.3 is 4.90 Å². The van der Waals surface area contributed by atoms with E-state index in [9.17, 15) is 10.1 Å². The number of anilines is 1. The Hall–Kier alpha value is -2.88. The van der Waals surface area contributed by atoms with Gasteiger partial charge in [0.15, 0.2) is 0 Å². The van der Waals surface area contributed by atoms with Crippen molar-refractivity contribution in [2.75, 3.05) is 11.4 Å². The lowest BCUT2D eigenvalue weighted by Crippen LogP contribution is -2.46. The number of hydrogen-bond acceptors (Lipinski definition) is 3. The van der Waals surface area contributed by atoms with Gasteiger partial charge in [0.2, 0.25) is 0 Å². The highest BCUT2D eigenvalue weighted by Crippen LogP contribution is 2.59. The Morgan fingerprint density at radius 2 is 1.79 bits per heavy atom.